The number of oxazole rings is 1. The fourth-order valence-corrected chi connectivity index (χ4v) is 2.48. The maximum Gasteiger partial charge on any atom is 0.323 e. The molecule has 0 radical (unpaired) electrons. The van der Waals surface area contributed by atoms with Crippen LogP contribution in [0.3, 0.4) is 0 Å². The molecule has 0 aliphatic heterocycles. The number of nitrogens with zero attached hydrogens (tertiary/aromatic N) is 1. The molecule has 1 atom stereocenters. The third-order valence-corrected chi connectivity index (χ3v) is 3.52. The number of aromatic nitrogens is 1. The lowest BCUT2D eigenvalue weighted by molar-refractivity contribution is -0.145. The molecule has 0 amide bonds. The van der Waals surface area contributed by atoms with Crippen LogP contribution in [0.2, 0.25) is 0 Å². The highest BCUT2D eigenvalue weighted by Crippen LogP contribution is 2.21. The average Bonchev–Trinajstić information content (AvgIpc) is 2.68. The number of carbonyl (C=O) groups excluding carboxylic acids is 1. The number of hydrogen-bond donors (Lipinski definition) is 1. The summed E-state index contributed by atoms with van der Waals surface area (Å²) in [5.41, 5.74) is 0.913. The van der Waals surface area contributed by atoms with Crippen molar-refractivity contribution in [2.75, 3.05) is 18.9 Å². The van der Waals surface area contributed by atoms with Gasteiger partial charge in [-0.25, -0.2) is 4.98 Å². The Balaban J connectivity index is 2.41. The standard InChI is InChI=1S/C13H22N2O3S/c1-5-14-11(12(16)17-6-2)7-8-19-13-15-9(3)10(4)18-13/h11,14H,5-8H2,1-4H3. The highest BCUT2D eigenvalue weighted by atomic mass is 32.2. The third-order valence-electron chi connectivity index (χ3n) is 2.66. The monoisotopic (exact) mass is 286 g/mol. The minimum atomic E-state index is -0.255. The van der Waals surface area contributed by atoms with E-state index in [9.17, 15) is 4.79 Å². The van der Waals surface area contributed by atoms with Crippen molar-refractivity contribution in [1.82, 2.24) is 10.3 Å². The zero-order valence-electron chi connectivity index (χ0n) is 12.0. The summed E-state index contributed by atoms with van der Waals surface area (Å²) in [5, 5.41) is 3.79. The van der Waals surface area contributed by atoms with Crippen LogP contribution in [0.4, 0.5) is 0 Å². The molecule has 0 aliphatic rings. The first-order chi connectivity index (χ1) is 9.08. The molecule has 5 nitrogen and oxygen atoms in total. The van der Waals surface area contributed by atoms with E-state index in [4.69, 9.17) is 9.15 Å². The van der Waals surface area contributed by atoms with Gasteiger partial charge in [0.2, 0.25) is 0 Å². The zero-order chi connectivity index (χ0) is 14.3. The quantitative estimate of drug-likeness (QED) is 0.584. The fraction of sp³-hybridized carbons (Fsp3) is 0.692. The molecular formula is C13H22N2O3S. The number of likely N-dealkylation sites (N-methyl/N-ethyl adjacent to an activating group) is 1. The molecule has 1 N–H and O–H groups in total. The van der Waals surface area contributed by atoms with E-state index in [0.29, 0.717) is 18.3 Å². The molecule has 0 aliphatic carbocycles. The number of nitrogens with one attached hydrogen (secondary N) is 1. The Bertz CT molecular complexity index is 387. The Morgan fingerprint density at radius 2 is 2.21 bits per heavy atom. The van der Waals surface area contributed by atoms with Gasteiger partial charge in [-0.05, 0) is 33.7 Å². The maximum absolute atomic E-state index is 11.7. The predicted molar refractivity (Wildman–Crippen MR) is 75.4 cm³/mol. The Hall–Kier alpha value is -1.01. The van der Waals surface area contributed by atoms with E-state index in [1.807, 2.05) is 27.7 Å². The number of thioether (sulfide) groups is 1. The first-order valence-corrected chi connectivity index (χ1v) is 7.53. The fourth-order valence-electron chi connectivity index (χ4n) is 1.56. The van der Waals surface area contributed by atoms with Crippen molar-refractivity contribution >= 4 is 17.7 Å². The highest BCUT2D eigenvalue weighted by molar-refractivity contribution is 7.99. The van der Waals surface area contributed by atoms with Crippen LogP contribution in [-0.2, 0) is 9.53 Å². The van der Waals surface area contributed by atoms with E-state index >= 15 is 0 Å². The molecule has 0 saturated heterocycles. The minimum absolute atomic E-state index is 0.190. The molecule has 0 spiro atoms. The molecule has 6 heteroatoms. The van der Waals surface area contributed by atoms with Crippen molar-refractivity contribution in [3.63, 3.8) is 0 Å². The maximum atomic E-state index is 11.7. The summed E-state index contributed by atoms with van der Waals surface area (Å²) in [5.74, 6) is 1.41. The van der Waals surface area contributed by atoms with Crippen molar-refractivity contribution < 1.29 is 13.9 Å². The van der Waals surface area contributed by atoms with Gasteiger partial charge in [0.1, 0.15) is 11.8 Å². The third kappa shape index (κ3) is 5.24. The van der Waals surface area contributed by atoms with Crippen molar-refractivity contribution in [3.8, 4) is 0 Å². The largest absolute Gasteiger partial charge is 0.465 e. The van der Waals surface area contributed by atoms with E-state index < -0.39 is 0 Å². The molecule has 1 unspecified atom stereocenters. The molecule has 1 aromatic heterocycles. The number of carbonyl (C=O) groups is 1. The van der Waals surface area contributed by atoms with E-state index in [2.05, 4.69) is 10.3 Å². The first-order valence-electron chi connectivity index (χ1n) is 6.55. The van der Waals surface area contributed by atoms with Crippen molar-refractivity contribution in [2.24, 2.45) is 0 Å². The molecule has 0 saturated carbocycles. The van der Waals surface area contributed by atoms with Crippen LogP contribution in [-0.4, -0.2) is 35.9 Å². The lowest BCUT2D eigenvalue weighted by atomic mass is 10.2. The van der Waals surface area contributed by atoms with Gasteiger partial charge in [0.25, 0.3) is 5.22 Å². The second kappa shape index (κ2) is 8.22. The molecule has 108 valence electrons. The van der Waals surface area contributed by atoms with E-state index in [1.54, 1.807) is 0 Å². The Labute approximate surface area is 118 Å². The molecule has 0 bridgehead atoms. The molecule has 1 heterocycles. The second-order valence-electron chi connectivity index (χ2n) is 4.12. The smallest absolute Gasteiger partial charge is 0.323 e. The van der Waals surface area contributed by atoms with E-state index in [1.165, 1.54) is 11.8 Å². The molecular weight excluding hydrogens is 264 g/mol. The molecule has 0 fully saturated rings. The number of rotatable bonds is 8. The van der Waals surface area contributed by atoms with Crippen LogP contribution in [0.5, 0.6) is 0 Å². The van der Waals surface area contributed by atoms with Crippen LogP contribution < -0.4 is 5.32 Å². The van der Waals surface area contributed by atoms with E-state index in [0.717, 1.165) is 23.8 Å². The Morgan fingerprint density at radius 3 is 2.74 bits per heavy atom. The van der Waals surface area contributed by atoms with Gasteiger partial charge in [0, 0.05) is 5.75 Å². The van der Waals surface area contributed by atoms with Gasteiger partial charge in [-0.3, -0.25) is 4.79 Å². The topological polar surface area (TPSA) is 64.4 Å². The number of hydrogen-bond acceptors (Lipinski definition) is 6. The van der Waals surface area contributed by atoms with Gasteiger partial charge in [-0.15, -0.1) is 0 Å². The van der Waals surface area contributed by atoms with Gasteiger partial charge >= 0.3 is 5.97 Å². The first kappa shape index (κ1) is 16.0. The summed E-state index contributed by atoms with van der Waals surface area (Å²) in [4.78, 5) is 16.0. The van der Waals surface area contributed by atoms with Gasteiger partial charge < -0.3 is 14.5 Å². The normalized spacial score (nSPS) is 12.4. The summed E-state index contributed by atoms with van der Waals surface area (Å²) >= 11 is 1.52. The zero-order valence-corrected chi connectivity index (χ0v) is 12.8. The summed E-state index contributed by atoms with van der Waals surface area (Å²) < 4.78 is 10.5. The summed E-state index contributed by atoms with van der Waals surface area (Å²) in [6, 6.07) is -0.255. The van der Waals surface area contributed by atoms with Gasteiger partial charge in [0.15, 0.2) is 0 Å². The Morgan fingerprint density at radius 1 is 1.47 bits per heavy atom. The lowest BCUT2D eigenvalue weighted by Crippen LogP contribution is -2.38. The SMILES string of the molecule is CCNC(CCSc1nc(C)c(C)o1)C(=O)OCC. The number of ether oxygens (including phenoxy) is 1. The summed E-state index contributed by atoms with van der Waals surface area (Å²) in [7, 11) is 0. The number of aryl methyl sites for hydroxylation is 2. The van der Waals surface area contributed by atoms with Crippen molar-refractivity contribution in [2.45, 2.75) is 45.4 Å². The van der Waals surface area contributed by atoms with Crippen LogP contribution in [0.15, 0.2) is 9.64 Å². The predicted octanol–water partition coefficient (Wildman–Crippen LogP) is 2.31. The minimum Gasteiger partial charge on any atom is -0.465 e. The molecule has 1 aromatic rings. The summed E-state index contributed by atoms with van der Waals surface area (Å²) in [6.45, 7) is 8.75. The summed E-state index contributed by atoms with van der Waals surface area (Å²) in [6.07, 6.45) is 0.692. The molecule has 19 heavy (non-hydrogen) atoms. The highest BCUT2D eigenvalue weighted by Gasteiger charge is 2.18. The van der Waals surface area contributed by atoms with Crippen LogP contribution in [0.1, 0.15) is 31.7 Å². The van der Waals surface area contributed by atoms with E-state index in [-0.39, 0.29) is 12.0 Å². The average molecular weight is 286 g/mol. The van der Waals surface area contributed by atoms with Crippen LogP contribution in [0, 0.1) is 13.8 Å². The van der Waals surface area contributed by atoms with Gasteiger partial charge in [-0.2, -0.15) is 0 Å². The van der Waals surface area contributed by atoms with Crippen molar-refractivity contribution in [1.29, 1.82) is 0 Å². The number of esters is 1. The second-order valence-corrected chi connectivity index (χ2v) is 5.17. The van der Waals surface area contributed by atoms with Crippen molar-refractivity contribution in [3.05, 3.63) is 11.5 Å². The van der Waals surface area contributed by atoms with Gasteiger partial charge in [-0.1, -0.05) is 18.7 Å². The Kier molecular flexibility index (Phi) is 6.94. The lowest BCUT2D eigenvalue weighted by Gasteiger charge is -2.15. The molecule has 0 aromatic carbocycles. The van der Waals surface area contributed by atoms with Crippen LogP contribution in [0.25, 0.3) is 0 Å². The molecule has 1 rings (SSSR count). The van der Waals surface area contributed by atoms with Gasteiger partial charge in [0.05, 0.1) is 12.3 Å². The van der Waals surface area contributed by atoms with Crippen LogP contribution >= 0.6 is 11.8 Å².